The number of allylic oxidation sites excluding steroid dienone is 1. The predicted molar refractivity (Wildman–Crippen MR) is 126 cm³/mol. The Hall–Kier alpha value is -0.380. The summed E-state index contributed by atoms with van der Waals surface area (Å²) in [5.74, 6) is 0.0968. The molecule has 0 aliphatic rings. The highest BCUT2D eigenvalue weighted by molar-refractivity contribution is 4.70. The SMILES string of the molecule is C=CCCC(CCCCC)CCCCCCCCCC(OCC)(OCC)OCC. The summed E-state index contributed by atoms with van der Waals surface area (Å²) in [5, 5.41) is 0. The highest BCUT2D eigenvalue weighted by Crippen LogP contribution is 2.25. The zero-order chi connectivity index (χ0) is 21.6. The van der Waals surface area contributed by atoms with Crippen molar-refractivity contribution in [1.82, 2.24) is 0 Å². The highest BCUT2D eigenvalue weighted by Gasteiger charge is 2.31. The van der Waals surface area contributed by atoms with Gasteiger partial charge in [-0.1, -0.05) is 83.6 Å². The maximum Gasteiger partial charge on any atom is 0.282 e. The van der Waals surface area contributed by atoms with Gasteiger partial charge in [-0.15, -0.1) is 6.58 Å². The molecule has 0 rings (SSSR count). The van der Waals surface area contributed by atoms with Crippen molar-refractivity contribution in [1.29, 1.82) is 0 Å². The van der Waals surface area contributed by atoms with E-state index in [4.69, 9.17) is 14.2 Å². The van der Waals surface area contributed by atoms with E-state index >= 15 is 0 Å². The van der Waals surface area contributed by atoms with Crippen LogP contribution in [0.5, 0.6) is 0 Å². The molecule has 0 heterocycles. The topological polar surface area (TPSA) is 27.7 Å². The van der Waals surface area contributed by atoms with Crippen LogP contribution >= 0.6 is 0 Å². The van der Waals surface area contributed by atoms with Crippen molar-refractivity contribution in [2.45, 2.75) is 130 Å². The van der Waals surface area contributed by atoms with E-state index in [2.05, 4.69) is 19.6 Å². The second-order valence-electron chi connectivity index (χ2n) is 8.22. The van der Waals surface area contributed by atoms with E-state index in [1.807, 2.05) is 20.8 Å². The largest absolute Gasteiger partial charge is 0.328 e. The van der Waals surface area contributed by atoms with Crippen molar-refractivity contribution in [3.63, 3.8) is 0 Å². The number of ether oxygens (including phenoxy) is 3. The van der Waals surface area contributed by atoms with Gasteiger partial charge in [-0.25, -0.2) is 0 Å². The summed E-state index contributed by atoms with van der Waals surface area (Å²) in [4.78, 5) is 0. The minimum atomic E-state index is -0.823. The van der Waals surface area contributed by atoms with E-state index in [1.165, 1.54) is 83.5 Å². The van der Waals surface area contributed by atoms with E-state index in [1.54, 1.807) is 0 Å². The van der Waals surface area contributed by atoms with E-state index in [-0.39, 0.29) is 0 Å². The number of rotatable bonds is 23. The molecule has 1 unspecified atom stereocenters. The molecule has 0 aliphatic heterocycles. The van der Waals surface area contributed by atoms with Gasteiger partial charge in [0.1, 0.15) is 0 Å². The Bertz CT molecular complexity index is 326. The van der Waals surface area contributed by atoms with Crippen molar-refractivity contribution in [3.8, 4) is 0 Å². The Kier molecular flexibility index (Phi) is 20.6. The average Bonchev–Trinajstić information content (AvgIpc) is 2.71. The molecule has 174 valence electrons. The van der Waals surface area contributed by atoms with Gasteiger partial charge in [-0.05, 0) is 46.0 Å². The van der Waals surface area contributed by atoms with Crippen LogP contribution < -0.4 is 0 Å². The van der Waals surface area contributed by atoms with Crippen molar-refractivity contribution in [3.05, 3.63) is 12.7 Å². The number of hydrogen-bond donors (Lipinski definition) is 0. The van der Waals surface area contributed by atoms with Gasteiger partial charge < -0.3 is 14.2 Å². The fourth-order valence-electron chi connectivity index (χ4n) is 4.13. The number of unbranched alkanes of at least 4 members (excludes halogenated alkanes) is 8. The first-order valence-corrected chi connectivity index (χ1v) is 12.7. The molecule has 0 radical (unpaired) electrons. The lowest BCUT2D eigenvalue weighted by Gasteiger charge is -2.32. The minimum Gasteiger partial charge on any atom is -0.328 e. The average molecular weight is 413 g/mol. The molecule has 0 saturated carbocycles. The highest BCUT2D eigenvalue weighted by atomic mass is 16.9. The standard InChI is InChI=1S/C26H52O3/c1-6-11-18-22-25(21-12-7-2)23-19-16-14-13-15-17-20-24-26(27-8-3,28-9-4)29-10-5/h7,25H,2,6,8-24H2,1,3-5H3. The van der Waals surface area contributed by atoms with Crippen molar-refractivity contribution in [2.24, 2.45) is 5.92 Å². The first kappa shape index (κ1) is 28.6. The van der Waals surface area contributed by atoms with Crippen LogP contribution in [0.15, 0.2) is 12.7 Å². The zero-order valence-corrected chi connectivity index (χ0v) is 20.3. The fourth-order valence-corrected chi connectivity index (χ4v) is 4.13. The molecule has 3 heteroatoms. The van der Waals surface area contributed by atoms with Crippen LogP contribution in [-0.2, 0) is 14.2 Å². The molecule has 0 aromatic carbocycles. The van der Waals surface area contributed by atoms with Crippen LogP contribution in [0.2, 0.25) is 0 Å². The molecule has 0 aromatic rings. The molecule has 1 atom stereocenters. The third-order valence-electron chi connectivity index (χ3n) is 5.68. The van der Waals surface area contributed by atoms with E-state index in [9.17, 15) is 0 Å². The quantitative estimate of drug-likeness (QED) is 0.0957. The summed E-state index contributed by atoms with van der Waals surface area (Å²) in [5.41, 5.74) is 0. The van der Waals surface area contributed by atoms with Crippen molar-refractivity contribution in [2.75, 3.05) is 19.8 Å². The third-order valence-corrected chi connectivity index (χ3v) is 5.68. The Morgan fingerprint density at radius 3 is 1.62 bits per heavy atom. The smallest absolute Gasteiger partial charge is 0.282 e. The Balaban J connectivity index is 3.86. The normalized spacial score (nSPS) is 13.0. The molecule has 0 aliphatic carbocycles. The molecule has 0 spiro atoms. The van der Waals surface area contributed by atoms with E-state index in [0.29, 0.717) is 19.8 Å². The monoisotopic (exact) mass is 412 g/mol. The lowest BCUT2D eigenvalue weighted by atomic mass is 9.90. The van der Waals surface area contributed by atoms with Crippen LogP contribution in [0, 0.1) is 5.92 Å². The van der Waals surface area contributed by atoms with Crippen LogP contribution in [0.25, 0.3) is 0 Å². The molecule has 0 bridgehead atoms. The van der Waals surface area contributed by atoms with Crippen molar-refractivity contribution >= 4 is 0 Å². The van der Waals surface area contributed by atoms with Crippen LogP contribution in [-0.4, -0.2) is 25.8 Å². The number of hydrogen-bond acceptors (Lipinski definition) is 3. The minimum absolute atomic E-state index is 0.617. The molecular weight excluding hydrogens is 360 g/mol. The molecule has 0 aromatic heterocycles. The summed E-state index contributed by atoms with van der Waals surface area (Å²) in [6, 6.07) is 0. The maximum atomic E-state index is 5.80. The Labute approximate surface area is 183 Å². The molecule has 0 N–H and O–H groups in total. The maximum absolute atomic E-state index is 5.80. The fraction of sp³-hybridized carbons (Fsp3) is 0.923. The zero-order valence-electron chi connectivity index (χ0n) is 20.3. The molecule has 29 heavy (non-hydrogen) atoms. The lowest BCUT2D eigenvalue weighted by Crippen LogP contribution is -2.39. The van der Waals surface area contributed by atoms with Gasteiger partial charge in [0.2, 0.25) is 0 Å². The van der Waals surface area contributed by atoms with Gasteiger partial charge in [0, 0.05) is 26.2 Å². The first-order chi connectivity index (χ1) is 14.2. The van der Waals surface area contributed by atoms with Crippen LogP contribution in [0.3, 0.4) is 0 Å². The van der Waals surface area contributed by atoms with Crippen LogP contribution in [0.4, 0.5) is 0 Å². The predicted octanol–water partition coefficient (Wildman–Crippen LogP) is 8.42. The summed E-state index contributed by atoms with van der Waals surface area (Å²) < 4.78 is 17.4. The van der Waals surface area contributed by atoms with E-state index in [0.717, 1.165) is 18.8 Å². The van der Waals surface area contributed by atoms with Gasteiger partial charge in [0.05, 0.1) is 0 Å². The third kappa shape index (κ3) is 16.0. The summed E-state index contributed by atoms with van der Waals surface area (Å²) in [6.07, 6.45) is 21.5. The summed E-state index contributed by atoms with van der Waals surface area (Å²) in [7, 11) is 0. The molecule has 3 nitrogen and oxygen atoms in total. The summed E-state index contributed by atoms with van der Waals surface area (Å²) in [6.45, 7) is 14.0. The van der Waals surface area contributed by atoms with Gasteiger partial charge in [-0.2, -0.15) is 0 Å². The van der Waals surface area contributed by atoms with Gasteiger partial charge in [0.25, 0.3) is 5.97 Å². The Morgan fingerprint density at radius 2 is 1.14 bits per heavy atom. The lowest BCUT2D eigenvalue weighted by molar-refractivity contribution is -0.380. The second kappa shape index (κ2) is 20.9. The van der Waals surface area contributed by atoms with Crippen LogP contribution in [0.1, 0.15) is 124 Å². The summed E-state index contributed by atoms with van der Waals surface area (Å²) >= 11 is 0. The van der Waals surface area contributed by atoms with Crippen molar-refractivity contribution < 1.29 is 14.2 Å². The Morgan fingerprint density at radius 1 is 0.655 bits per heavy atom. The van der Waals surface area contributed by atoms with Gasteiger partial charge >= 0.3 is 0 Å². The first-order valence-electron chi connectivity index (χ1n) is 12.7. The van der Waals surface area contributed by atoms with Gasteiger partial charge in [-0.3, -0.25) is 0 Å². The van der Waals surface area contributed by atoms with E-state index < -0.39 is 5.97 Å². The molecule has 0 saturated heterocycles. The molecular formula is C26H52O3. The van der Waals surface area contributed by atoms with Gasteiger partial charge in [0.15, 0.2) is 0 Å². The molecule has 0 fully saturated rings. The second-order valence-corrected chi connectivity index (χ2v) is 8.22. The molecule has 0 amide bonds.